The second kappa shape index (κ2) is 10.1. The van der Waals surface area contributed by atoms with Gasteiger partial charge in [-0.25, -0.2) is 1.28 Å². The third-order valence-corrected chi connectivity index (χ3v) is 5.39. The number of carbonyl (C=O) groups excluding carboxylic acids is 1. The molecule has 0 unspecified atom stereocenters. The van der Waals surface area contributed by atoms with Crippen molar-refractivity contribution in [3.05, 3.63) is 119 Å². The average molecular weight is 450 g/mol. The summed E-state index contributed by atoms with van der Waals surface area (Å²) < 4.78 is 5.56. The van der Waals surface area contributed by atoms with Crippen molar-refractivity contribution in [3.63, 3.8) is 0 Å². The summed E-state index contributed by atoms with van der Waals surface area (Å²) in [7, 11) is 2.22. The Morgan fingerprint density at radius 3 is 1.13 bits per heavy atom. The average Bonchev–Trinajstić information content (AvgIpc) is 3.34. The molecule has 146 valence electrons. The molecule has 2 aliphatic carbocycles. The van der Waals surface area contributed by atoms with Crippen LogP contribution in [0.3, 0.4) is 0 Å². The van der Waals surface area contributed by atoms with Crippen molar-refractivity contribution < 1.29 is 61.4 Å². The molecule has 0 aliphatic heterocycles. The van der Waals surface area contributed by atoms with E-state index in [0.29, 0.717) is 5.71 Å². The Balaban J connectivity index is 0.000000163. The largest absolute Gasteiger partial charge is 1.00 e. The summed E-state index contributed by atoms with van der Waals surface area (Å²) in [5.74, 6) is 0.149. The summed E-state index contributed by atoms with van der Waals surface area (Å²) in [6.07, 6.45) is 0. The van der Waals surface area contributed by atoms with Gasteiger partial charge in [0.25, 0.3) is 0 Å². The standard InChI is InChI=1S/C13H9NO.C13H8O.K.H2P/c15-14-13-11-7-3-1-5-9(11)10-6-2-4-8-12(10)13;14-13-11-7-3-1-5-9(11)10-6-2-4-8-12(10)13;;/h1-8,15H;1-8H;;1H2/q;;+1;-1/i;;;1T. The molecular formula is C26H19KNO2P. The molecule has 0 radical (unpaired) electrons. The van der Waals surface area contributed by atoms with Gasteiger partial charge < -0.3 is 15.1 Å². The fourth-order valence-corrected chi connectivity index (χ4v) is 4.08. The summed E-state index contributed by atoms with van der Waals surface area (Å²) in [5.41, 5.74) is 8.73. The first-order valence-electron chi connectivity index (χ1n) is 9.94. The van der Waals surface area contributed by atoms with Crippen LogP contribution in [0, 0.1) is 0 Å². The van der Waals surface area contributed by atoms with Gasteiger partial charge in [-0.1, -0.05) is 102 Å². The van der Waals surface area contributed by atoms with E-state index >= 15 is 0 Å². The number of benzene rings is 4. The van der Waals surface area contributed by atoms with E-state index < -0.39 is 0 Å². The molecule has 0 saturated carbocycles. The molecular weight excluding hydrogens is 428 g/mol. The van der Waals surface area contributed by atoms with Crippen LogP contribution >= 0.6 is 9.84 Å². The minimum Gasteiger partial charge on any atom is -0.577 e. The molecule has 3 nitrogen and oxygen atoms in total. The summed E-state index contributed by atoms with van der Waals surface area (Å²) >= 11 is 0. The van der Waals surface area contributed by atoms with Gasteiger partial charge in [0.15, 0.2) is 5.78 Å². The summed E-state index contributed by atoms with van der Waals surface area (Å²) in [6.45, 7) is 0. The molecule has 0 aromatic heterocycles. The number of carbonyl (C=O) groups is 1. The van der Waals surface area contributed by atoms with E-state index in [9.17, 15) is 4.79 Å². The van der Waals surface area contributed by atoms with Crippen LogP contribution in [-0.4, -0.2) is 18.0 Å². The number of nitrogens with zero attached hydrogens (tertiary/aromatic N) is 1. The molecule has 0 spiro atoms. The van der Waals surface area contributed by atoms with Gasteiger partial charge >= 0.3 is 51.4 Å². The fourth-order valence-electron chi connectivity index (χ4n) is 4.08. The first kappa shape index (κ1) is 22.3. The van der Waals surface area contributed by atoms with E-state index in [1.165, 1.54) is 0 Å². The quantitative estimate of drug-likeness (QED) is 0.168. The number of hydrogen-bond acceptors (Lipinski definition) is 3. The maximum absolute atomic E-state index is 11.9. The van der Waals surface area contributed by atoms with E-state index in [1.807, 2.05) is 97.1 Å². The van der Waals surface area contributed by atoms with Crippen molar-refractivity contribution in [2.75, 3.05) is 0 Å². The van der Waals surface area contributed by atoms with Crippen LogP contribution in [0.25, 0.3) is 22.3 Å². The fraction of sp³-hybridized carbons (Fsp3) is 0. The minimum atomic E-state index is 0. The molecule has 4 aromatic rings. The predicted molar refractivity (Wildman–Crippen MR) is 124 cm³/mol. The van der Waals surface area contributed by atoms with Crippen LogP contribution in [0.15, 0.2) is 102 Å². The molecule has 31 heavy (non-hydrogen) atoms. The van der Waals surface area contributed by atoms with Gasteiger partial charge in [-0.2, -0.15) is 0 Å². The van der Waals surface area contributed by atoms with Crippen molar-refractivity contribution in [3.8, 4) is 22.3 Å². The number of oxime groups is 1. The van der Waals surface area contributed by atoms with E-state index in [-0.39, 0.29) is 57.2 Å². The molecule has 4 aromatic carbocycles. The Morgan fingerprint density at radius 1 is 0.548 bits per heavy atom. The first-order chi connectivity index (χ1) is 15.3. The van der Waals surface area contributed by atoms with Crippen LogP contribution in [-0.2, 0) is 0 Å². The summed E-state index contributed by atoms with van der Waals surface area (Å²) in [5, 5.41) is 12.4. The van der Waals surface area contributed by atoms with Gasteiger partial charge in [0.2, 0.25) is 0 Å². The molecule has 1 N–H and O–H groups in total. The molecule has 0 fully saturated rings. The maximum Gasteiger partial charge on any atom is 1.00 e. The topological polar surface area (TPSA) is 49.7 Å². The molecule has 0 bridgehead atoms. The van der Waals surface area contributed by atoms with Crippen molar-refractivity contribution in [1.29, 1.82) is 1.28 Å². The minimum absolute atomic E-state index is 0. The molecule has 0 heterocycles. The van der Waals surface area contributed by atoms with E-state index in [0.717, 1.165) is 44.5 Å². The Labute approximate surface area is 228 Å². The van der Waals surface area contributed by atoms with Gasteiger partial charge in [0, 0.05) is 22.3 Å². The first-order valence-corrected chi connectivity index (χ1v) is 9.44. The molecule has 5 heteroatoms. The second-order valence-corrected chi connectivity index (χ2v) is 6.96. The Morgan fingerprint density at radius 2 is 0.806 bits per heavy atom. The zero-order valence-corrected chi connectivity index (χ0v) is 21.2. The number of hydrogen-bond donors (Lipinski definition) is 1. The number of fused-ring (bicyclic) bond motifs is 6. The monoisotopic (exact) mass is 449 g/mol. The van der Waals surface area contributed by atoms with Gasteiger partial charge in [0.1, 0.15) is 5.71 Å². The Kier molecular flexibility index (Phi) is 7.29. The summed E-state index contributed by atoms with van der Waals surface area (Å²) in [6, 6.07) is 31.5. The third kappa shape index (κ3) is 4.12. The number of rotatable bonds is 0. The maximum atomic E-state index is 11.9. The van der Waals surface area contributed by atoms with Crippen molar-refractivity contribution in [1.82, 2.24) is 0 Å². The normalized spacial score (nSPS) is 11.7. The van der Waals surface area contributed by atoms with Gasteiger partial charge in [-0.15, -0.1) is 0 Å². The SMILES string of the molecule is O=C1c2ccccc2-c2ccccc21.ON=C1c2ccccc2-c2ccccc21.[3H][PH-].[K+]. The summed E-state index contributed by atoms with van der Waals surface area (Å²) in [4.78, 5) is 11.9. The van der Waals surface area contributed by atoms with Crippen molar-refractivity contribution in [2.24, 2.45) is 5.16 Å². The molecule has 0 saturated heterocycles. The smallest absolute Gasteiger partial charge is 0.577 e. The van der Waals surface area contributed by atoms with E-state index in [2.05, 4.69) is 15.0 Å². The molecule has 2 aliphatic rings. The van der Waals surface area contributed by atoms with Gasteiger partial charge in [-0.05, 0) is 22.3 Å². The predicted octanol–water partition coefficient (Wildman–Crippen LogP) is 3.12. The Hall–Kier alpha value is -1.91. The van der Waals surface area contributed by atoms with Crippen LogP contribution in [0.2, 0.25) is 0 Å². The van der Waals surface area contributed by atoms with Crippen LogP contribution in [0.4, 0.5) is 0 Å². The molecule has 0 atom stereocenters. The zero-order chi connectivity index (χ0) is 21.8. The van der Waals surface area contributed by atoms with Crippen LogP contribution in [0.1, 0.15) is 27.0 Å². The van der Waals surface area contributed by atoms with Crippen LogP contribution in [0.5, 0.6) is 0 Å². The zero-order valence-electron chi connectivity index (χ0n) is 18.0. The van der Waals surface area contributed by atoms with Crippen molar-refractivity contribution in [2.45, 2.75) is 0 Å². The van der Waals surface area contributed by atoms with E-state index in [1.54, 1.807) is 0 Å². The third-order valence-electron chi connectivity index (χ3n) is 5.39. The Bertz CT molecular complexity index is 1210. The van der Waals surface area contributed by atoms with Crippen molar-refractivity contribution >= 4 is 21.3 Å². The van der Waals surface area contributed by atoms with Crippen LogP contribution < -0.4 is 51.4 Å². The number of ketones is 1. The van der Waals surface area contributed by atoms with Gasteiger partial charge in [0.05, 0.1) is 0 Å². The van der Waals surface area contributed by atoms with Gasteiger partial charge in [-0.3, -0.25) is 4.79 Å². The molecule has 0 amide bonds. The molecule has 6 rings (SSSR count). The van der Waals surface area contributed by atoms with E-state index in [4.69, 9.17) is 6.49 Å². The second-order valence-electron chi connectivity index (χ2n) is 6.96.